The lowest BCUT2D eigenvalue weighted by atomic mass is 9.98. The number of fused-ring (bicyclic) bond motifs is 10. The fraction of sp³-hybridized carbons (Fsp3) is 0. The largest absolute Gasteiger partial charge is 0.309 e. The molecule has 322 valence electrons. The zero-order valence-corrected chi connectivity index (χ0v) is 37.4. The highest BCUT2D eigenvalue weighted by atomic mass is 15.2. The highest BCUT2D eigenvalue weighted by Gasteiger charge is 2.24. The van der Waals surface area contributed by atoms with E-state index in [0.717, 1.165) is 72.2 Å². The van der Waals surface area contributed by atoms with Crippen molar-refractivity contribution in [3.8, 4) is 62.1 Å². The summed E-state index contributed by atoms with van der Waals surface area (Å²) in [7, 11) is 0. The fourth-order valence-electron chi connectivity index (χ4n) is 10.8. The van der Waals surface area contributed by atoms with Crippen LogP contribution in [0.15, 0.2) is 249 Å². The lowest BCUT2D eigenvalue weighted by Gasteiger charge is -2.14. The Labute approximate surface area is 398 Å². The predicted molar refractivity (Wildman–Crippen MR) is 287 cm³/mol. The molecular weight excluding hydrogens is 839 g/mol. The molecule has 0 amide bonds. The van der Waals surface area contributed by atoms with Gasteiger partial charge in [0.15, 0.2) is 0 Å². The summed E-state index contributed by atoms with van der Waals surface area (Å²) in [4.78, 5) is 10.7. The first-order valence-electron chi connectivity index (χ1n) is 23.5. The Bertz CT molecular complexity index is 4160. The standard InChI is InChI=1S/C64H41N5/c1-5-20-42(21-6-1)46-38-47(43-22-7-2-8-23-43)40-48(39-46)67-54-31-16-14-29-50(54)62-59(67)36-37-60-63(62)51-30-15-17-32-55(51)68(60)57-34-19-35-58-61(57)49-28-13-18-33-56(49)69(58)64-65-52(44-24-9-3-10-25-44)41-53(66-64)45-26-11-4-12-27-45/h1-41H. The van der Waals surface area contributed by atoms with E-state index >= 15 is 0 Å². The molecule has 0 bridgehead atoms. The number of rotatable bonds is 7. The Balaban J connectivity index is 1.04. The molecule has 4 aromatic heterocycles. The summed E-state index contributed by atoms with van der Waals surface area (Å²) in [6, 6.07) is 89.2. The normalized spacial score (nSPS) is 11.8. The molecule has 10 aromatic carbocycles. The Morgan fingerprint density at radius 3 is 1.16 bits per heavy atom. The van der Waals surface area contributed by atoms with Gasteiger partial charge in [0, 0.05) is 49.1 Å². The van der Waals surface area contributed by atoms with Crippen molar-refractivity contribution >= 4 is 65.4 Å². The molecule has 14 rings (SSSR count). The number of nitrogens with zero attached hydrogens (tertiary/aromatic N) is 5. The second kappa shape index (κ2) is 15.7. The minimum absolute atomic E-state index is 0.627. The third kappa shape index (κ3) is 6.18. The van der Waals surface area contributed by atoms with Crippen LogP contribution in [-0.2, 0) is 0 Å². The van der Waals surface area contributed by atoms with Crippen LogP contribution < -0.4 is 0 Å². The van der Waals surface area contributed by atoms with Crippen molar-refractivity contribution in [2.45, 2.75) is 0 Å². The third-order valence-electron chi connectivity index (χ3n) is 13.8. The molecule has 0 atom stereocenters. The molecule has 5 heteroatoms. The van der Waals surface area contributed by atoms with Crippen LogP contribution in [-0.4, -0.2) is 23.7 Å². The average Bonchev–Trinajstić information content (AvgIpc) is 4.07. The maximum absolute atomic E-state index is 5.34. The van der Waals surface area contributed by atoms with Crippen LogP contribution in [0.3, 0.4) is 0 Å². The summed E-state index contributed by atoms with van der Waals surface area (Å²) in [6.45, 7) is 0. The number of hydrogen-bond acceptors (Lipinski definition) is 2. The van der Waals surface area contributed by atoms with Crippen molar-refractivity contribution in [1.29, 1.82) is 0 Å². The molecule has 14 aromatic rings. The van der Waals surface area contributed by atoms with Gasteiger partial charge < -0.3 is 9.13 Å². The van der Waals surface area contributed by atoms with E-state index in [1.54, 1.807) is 0 Å². The van der Waals surface area contributed by atoms with Gasteiger partial charge in [0.1, 0.15) is 0 Å². The smallest absolute Gasteiger partial charge is 0.235 e. The lowest BCUT2D eigenvalue weighted by Crippen LogP contribution is -2.04. The monoisotopic (exact) mass is 879 g/mol. The molecule has 0 radical (unpaired) electrons. The Kier molecular flexibility index (Phi) is 8.83. The number of aromatic nitrogens is 5. The summed E-state index contributed by atoms with van der Waals surface area (Å²) in [5, 5.41) is 7.16. The summed E-state index contributed by atoms with van der Waals surface area (Å²) >= 11 is 0. The van der Waals surface area contributed by atoms with Gasteiger partial charge in [0.2, 0.25) is 5.95 Å². The van der Waals surface area contributed by atoms with E-state index in [4.69, 9.17) is 9.97 Å². The maximum Gasteiger partial charge on any atom is 0.235 e. The molecule has 0 spiro atoms. The zero-order valence-electron chi connectivity index (χ0n) is 37.4. The van der Waals surface area contributed by atoms with Crippen LogP contribution in [0.5, 0.6) is 0 Å². The Hall–Kier alpha value is -9.32. The van der Waals surface area contributed by atoms with E-state index < -0.39 is 0 Å². The third-order valence-corrected chi connectivity index (χ3v) is 13.8. The molecule has 0 aliphatic heterocycles. The topological polar surface area (TPSA) is 40.6 Å². The van der Waals surface area contributed by atoms with Gasteiger partial charge in [-0.2, -0.15) is 0 Å². The van der Waals surface area contributed by atoms with Crippen LogP contribution in [0.4, 0.5) is 0 Å². The molecule has 4 heterocycles. The summed E-state index contributed by atoms with van der Waals surface area (Å²) < 4.78 is 7.20. The van der Waals surface area contributed by atoms with E-state index in [-0.39, 0.29) is 0 Å². The first kappa shape index (κ1) is 38.9. The summed E-state index contributed by atoms with van der Waals surface area (Å²) in [5.74, 6) is 0.627. The molecule has 0 unspecified atom stereocenters. The molecule has 5 nitrogen and oxygen atoms in total. The molecule has 0 saturated heterocycles. The van der Waals surface area contributed by atoms with Crippen molar-refractivity contribution in [3.05, 3.63) is 249 Å². The Morgan fingerprint density at radius 1 is 0.246 bits per heavy atom. The first-order chi connectivity index (χ1) is 34.2. The lowest BCUT2D eigenvalue weighted by molar-refractivity contribution is 0.995. The molecule has 0 aliphatic rings. The van der Waals surface area contributed by atoms with Gasteiger partial charge in [-0.05, 0) is 89.0 Å². The number of hydrogen-bond donors (Lipinski definition) is 0. The minimum atomic E-state index is 0.627. The molecule has 0 saturated carbocycles. The van der Waals surface area contributed by atoms with Gasteiger partial charge in [0.25, 0.3) is 0 Å². The van der Waals surface area contributed by atoms with Crippen molar-refractivity contribution in [1.82, 2.24) is 23.7 Å². The molecule has 0 fully saturated rings. The predicted octanol–water partition coefficient (Wildman–Crippen LogP) is 16.4. The number of benzene rings is 10. The van der Waals surface area contributed by atoms with Crippen LogP contribution >= 0.6 is 0 Å². The van der Waals surface area contributed by atoms with Gasteiger partial charge >= 0.3 is 0 Å². The van der Waals surface area contributed by atoms with E-state index in [0.29, 0.717) is 5.95 Å². The summed E-state index contributed by atoms with van der Waals surface area (Å²) in [6.07, 6.45) is 0. The molecule has 0 N–H and O–H groups in total. The average molecular weight is 880 g/mol. The highest BCUT2D eigenvalue weighted by molar-refractivity contribution is 6.29. The van der Waals surface area contributed by atoms with Gasteiger partial charge in [0.05, 0.1) is 50.2 Å². The van der Waals surface area contributed by atoms with E-state index in [9.17, 15) is 0 Å². The van der Waals surface area contributed by atoms with E-state index in [2.05, 4.69) is 250 Å². The molecule has 69 heavy (non-hydrogen) atoms. The fourth-order valence-corrected chi connectivity index (χ4v) is 10.8. The van der Waals surface area contributed by atoms with Gasteiger partial charge in [-0.25, -0.2) is 9.97 Å². The van der Waals surface area contributed by atoms with Crippen LogP contribution in [0.25, 0.3) is 128 Å². The van der Waals surface area contributed by atoms with Crippen molar-refractivity contribution in [2.24, 2.45) is 0 Å². The van der Waals surface area contributed by atoms with Crippen molar-refractivity contribution in [2.75, 3.05) is 0 Å². The van der Waals surface area contributed by atoms with E-state index in [1.165, 1.54) is 49.3 Å². The highest BCUT2D eigenvalue weighted by Crippen LogP contribution is 2.45. The van der Waals surface area contributed by atoms with Crippen LogP contribution in [0.2, 0.25) is 0 Å². The van der Waals surface area contributed by atoms with Crippen LogP contribution in [0, 0.1) is 0 Å². The van der Waals surface area contributed by atoms with E-state index in [1.807, 2.05) is 12.1 Å². The molecule has 0 aliphatic carbocycles. The molecular formula is C64H41N5. The minimum Gasteiger partial charge on any atom is -0.309 e. The SMILES string of the molecule is c1ccc(-c2cc(-c3ccccc3)cc(-n3c4ccccc4c4c5c6ccccc6n(-c6cccc7c6c6ccccc6n7-c6nc(-c7ccccc7)cc(-c7ccccc7)n6)c5ccc43)c2)cc1. The first-order valence-corrected chi connectivity index (χ1v) is 23.5. The van der Waals surface area contributed by atoms with Crippen LogP contribution in [0.1, 0.15) is 0 Å². The number of para-hydroxylation sites is 3. The quantitative estimate of drug-likeness (QED) is 0.160. The maximum atomic E-state index is 5.34. The van der Waals surface area contributed by atoms with Crippen molar-refractivity contribution in [3.63, 3.8) is 0 Å². The Morgan fingerprint density at radius 2 is 0.638 bits per heavy atom. The van der Waals surface area contributed by atoms with Crippen molar-refractivity contribution < 1.29 is 0 Å². The van der Waals surface area contributed by atoms with Gasteiger partial charge in [-0.1, -0.05) is 182 Å². The second-order valence-electron chi connectivity index (χ2n) is 17.8. The second-order valence-corrected chi connectivity index (χ2v) is 17.8. The summed E-state index contributed by atoms with van der Waals surface area (Å²) in [5.41, 5.74) is 17.5. The zero-order chi connectivity index (χ0) is 45.4. The van der Waals surface area contributed by atoms with Gasteiger partial charge in [-0.3, -0.25) is 4.57 Å². The van der Waals surface area contributed by atoms with Gasteiger partial charge in [-0.15, -0.1) is 0 Å².